The molecule has 0 saturated carbocycles. The smallest absolute Gasteiger partial charge is 0.407 e. The van der Waals surface area contributed by atoms with Crippen molar-refractivity contribution < 1.29 is 13.9 Å². The Hall–Kier alpha value is -2.22. The molecule has 1 amide bonds. The van der Waals surface area contributed by atoms with Crippen LogP contribution in [0.15, 0.2) is 27.8 Å². The zero-order valence-corrected chi connectivity index (χ0v) is 18.3. The Balaban J connectivity index is 1.87. The second-order valence-electron chi connectivity index (χ2n) is 8.20. The highest BCUT2D eigenvalue weighted by Crippen LogP contribution is 2.25. The van der Waals surface area contributed by atoms with E-state index >= 15 is 0 Å². The SMILES string of the molecule is CCNC(=NCC(c1ccco1)N1CCCCC1)NCCNC(=O)OC(C)(C)C. The van der Waals surface area contributed by atoms with Gasteiger partial charge in [-0.15, -0.1) is 0 Å². The quantitative estimate of drug-likeness (QED) is 0.349. The molecule has 2 heterocycles. The molecule has 0 spiro atoms. The molecule has 1 aromatic heterocycles. The lowest BCUT2D eigenvalue weighted by Crippen LogP contribution is -2.43. The zero-order chi connectivity index (χ0) is 21.1. The van der Waals surface area contributed by atoms with E-state index < -0.39 is 11.7 Å². The fourth-order valence-electron chi connectivity index (χ4n) is 3.28. The van der Waals surface area contributed by atoms with Gasteiger partial charge in [-0.3, -0.25) is 9.89 Å². The number of piperidine rings is 1. The Bertz CT molecular complexity index is 619. The van der Waals surface area contributed by atoms with E-state index in [0.717, 1.165) is 31.4 Å². The van der Waals surface area contributed by atoms with Gasteiger partial charge in [0.15, 0.2) is 5.96 Å². The normalized spacial score (nSPS) is 16.9. The molecule has 0 radical (unpaired) electrons. The molecule has 0 aliphatic carbocycles. The second kappa shape index (κ2) is 11.7. The summed E-state index contributed by atoms with van der Waals surface area (Å²) in [7, 11) is 0. The minimum atomic E-state index is -0.497. The molecule has 8 heteroatoms. The standard InChI is InChI=1S/C21H37N5O3/c1-5-22-19(23-11-12-24-20(27)29-21(2,3)4)25-16-17(18-10-9-15-28-18)26-13-7-6-8-14-26/h9-10,15,17H,5-8,11-14,16H2,1-4H3,(H,24,27)(H2,22,23,25). The molecule has 8 nitrogen and oxygen atoms in total. The van der Waals surface area contributed by atoms with Crippen LogP contribution in [0.2, 0.25) is 0 Å². The van der Waals surface area contributed by atoms with Crippen LogP contribution in [0, 0.1) is 0 Å². The number of aliphatic imine (C=N–C) groups is 1. The summed E-state index contributed by atoms with van der Waals surface area (Å²) < 4.78 is 10.9. The van der Waals surface area contributed by atoms with E-state index in [0.29, 0.717) is 19.6 Å². The number of nitrogens with one attached hydrogen (secondary N) is 3. The van der Waals surface area contributed by atoms with Crippen molar-refractivity contribution in [2.24, 2.45) is 4.99 Å². The predicted octanol–water partition coefficient (Wildman–Crippen LogP) is 2.89. The molecule has 29 heavy (non-hydrogen) atoms. The molecule has 1 saturated heterocycles. The third kappa shape index (κ3) is 8.77. The number of furan rings is 1. The molecule has 1 unspecified atom stereocenters. The van der Waals surface area contributed by atoms with Crippen LogP contribution in [0.1, 0.15) is 58.8 Å². The Morgan fingerprint density at radius 3 is 2.55 bits per heavy atom. The van der Waals surface area contributed by atoms with Crippen LogP contribution in [0.25, 0.3) is 0 Å². The largest absolute Gasteiger partial charge is 0.468 e. The third-order valence-electron chi connectivity index (χ3n) is 4.56. The fraction of sp³-hybridized carbons (Fsp3) is 0.714. The molecular weight excluding hydrogens is 370 g/mol. The summed E-state index contributed by atoms with van der Waals surface area (Å²) in [5, 5.41) is 9.27. The highest BCUT2D eigenvalue weighted by Gasteiger charge is 2.24. The number of carbonyl (C=O) groups excluding carboxylic acids is 1. The summed E-state index contributed by atoms with van der Waals surface area (Å²) in [6, 6.07) is 4.10. The first kappa shape index (κ1) is 23.1. The van der Waals surface area contributed by atoms with Gasteiger partial charge in [-0.05, 0) is 65.8 Å². The average molecular weight is 408 g/mol. The molecule has 1 atom stereocenters. The van der Waals surface area contributed by atoms with E-state index in [1.54, 1.807) is 6.26 Å². The van der Waals surface area contributed by atoms with E-state index in [-0.39, 0.29) is 6.04 Å². The molecule has 0 aromatic carbocycles. The van der Waals surface area contributed by atoms with Crippen LogP contribution >= 0.6 is 0 Å². The molecule has 1 aromatic rings. The van der Waals surface area contributed by atoms with Crippen molar-refractivity contribution in [1.29, 1.82) is 0 Å². The predicted molar refractivity (Wildman–Crippen MR) is 115 cm³/mol. The number of rotatable bonds is 8. The number of ether oxygens (including phenoxy) is 1. The lowest BCUT2D eigenvalue weighted by molar-refractivity contribution is 0.0529. The Morgan fingerprint density at radius 1 is 1.21 bits per heavy atom. The summed E-state index contributed by atoms with van der Waals surface area (Å²) >= 11 is 0. The van der Waals surface area contributed by atoms with Crippen LogP contribution in [-0.2, 0) is 4.74 Å². The van der Waals surface area contributed by atoms with Crippen LogP contribution in [0.3, 0.4) is 0 Å². The topological polar surface area (TPSA) is 91.1 Å². The number of likely N-dealkylation sites (tertiary alicyclic amines) is 1. The van der Waals surface area contributed by atoms with Gasteiger partial charge >= 0.3 is 6.09 Å². The van der Waals surface area contributed by atoms with Gasteiger partial charge in [0.1, 0.15) is 11.4 Å². The molecule has 1 aliphatic heterocycles. The highest BCUT2D eigenvalue weighted by molar-refractivity contribution is 5.79. The van der Waals surface area contributed by atoms with Crippen molar-refractivity contribution in [3.8, 4) is 0 Å². The Labute approximate surface area is 174 Å². The zero-order valence-electron chi connectivity index (χ0n) is 18.3. The minimum Gasteiger partial charge on any atom is -0.468 e. The van der Waals surface area contributed by atoms with Crippen LogP contribution in [0.4, 0.5) is 4.79 Å². The average Bonchev–Trinajstić information content (AvgIpc) is 3.19. The van der Waals surface area contributed by atoms with Gasteiger partial charge < -0.3 is 25.1 Å². The lowest BCUT2D eigenvalue weighted by atomic mass is 10.1. The number of carbonyl (C=O) groups is 1. The molecule has 2 rings (SSSR count). The molecule has 1 fully saturated rings. The van der Waals surface area contributed by atoms with Gasteiger partial charge in [0.25, 0.3) is 0 Å². The van der Waals surface area contributed by atoms with Crippen molar-refractivity contribution in [2.45, 2.75) is 58.6 Å². The van der Waals surface area contributed by atoms with Gasteiger partial charge in [0.05, 0.1) is 18.8 Å². The molecule has 164 valence electrons. The van der Waals surface area contributed by atoms with E-state index in [2.05, 4.69) is 20.9 Å². The first-order valence-electron chi connectivity index (χ1n) is 10.7. The second-order valence-corrected chi connectivity index (χ2v) is 8.20. The Morgan fingerprint density at radius 2 is 1.93 bits per heavy atom. The summed E-state index contributed by atoms with van der Waals surface area (Å²) in [4.78, 5) is 19.0. The molecule has 0 bridgehead atoms. The first-order chi connectivity index (χ1) is 13.9. The van der Waals surface area contributed by atoms with Crippen molar-refractivity contribution in [2.75, 3.05) is 39.3 Å². The van der Waals surface area contributed by atoms with E-state index in [1.165, 1.54) is 19.3 Å². The maximum Gasteiger partial charge on any atom is 0.407 e. The van der Waals surface area contributed by atoms with E-state index in [1.807, 2.05) is 39.8 Å². The number of nitrogens with zero attached hydrogens (tertiary/aromatic N) is 2. The molecular formula is C21H37N5O3. The highest BCUT2D eigenvalue weighted by atomic mass is 16.6. The fourth-order valence-corrected chi connectivity index (χ4v) is 3.28. The maximum atomic E-state index is 11.7. The number of hydrogen-bond donors (Lipinski definition) is 3. The van der Waals surface area contributed by atoms with Gasteiger partial charge in [0, 0.05) is 19.6 Å². The van der Waals surface area contributed by atoms with Crippen LogP contribution < -0.4 is 16.0 Å². The summed E-state index contributed by atoms with van der Waals surface area (Å²) in [5.74, 6) is 1.69. The number of hydrogen-bond acceptors (Lipinski definition) is 5. The van der Waals surface area contributed by atoms with Crippen molar-refractivity contribution >= 4 is 12.1 Å². The van der Waals surface area contributed by atoms with Crippen LogP contribution in [0.5, 0.6) is 0 Å². The lowest BCUT2D eigenvalue weighted by Gasteiger charge is -2.32. The van der Waals surface area contributed by atoms with Gasteiger partial charge in [0.2, 0.25) is 0 Å². The van der Waals surface area contributed by atoms with Gasteiger partial charge in [-0.25, -0.2) is 4.79 Å². The first-order valence-corrected chi connectivity index (χ1v) is 10.7. The van der Waals surface area contributed by atoms with Crippen molar-refractivity contribution in [1.82, 2.24) is 20.9 Å². The van der Waals surface area contributed by atoms with Crippen LogP contribution in [-0.4, -0.2) is 61.8 Å². The third-order valence-corrected chi connectivity index (χ3v) is 4.56. The summed E-state index contributed by atoms with van der Waals surface area (Å²) in [6.07, 6.45) is 5.04. The minimum absolute atomic E-state index is 0.139. The van der Waals surface area contributed by atoms with Gasteiger partial charge in [-0.1, -0.05) is 6.42 Å². The summed E-state index contributed by atoms with van der Waals surface area (Å²) in [5.41, 5.74) is -0.497. The van der Waals surface area contributed by atoms with Gasteiger partial charge in [-0.2, -0.15) is 0 Å². The summed E-state index contributed by atoms with van der Waals surface area (Å²) in [6.45, 7) is 12.1. The monoisotopic (exact) mass is 407 g/mol. The van der Waals surface area contributed by atoms with Crippen molar-refractivity contribution in [3.63, 3.8) is 0 Å². The Kier molecular flexibility index (Phi) is 9.31. The van der Waals surface area contributed by atoms with Crippen molar-refractivity contribution in [3.05, 3.63) is 24.2 Å². The van der Waals surface area contributed by atoms with E-state index in [9.17, 15) is 4.79 Å². The molecule has 3 N–H and O–H groups in total. The number of guanidine groups is 1. The number of amides is 1. The maximum absolute atomic E-state index is 11.7. The molecule has 1 aliphatic rings. The van der Waals surface area contributed by atoms with E-state index in [4.69, 9.17) is 14.1 Å². The number of alkyl carbamates (subject to hydrolysis) is 1.